The van der Waals surface area contributed by atoms with Crippen LogP contribution in [0, 0.1) is 0 Å². The molecule has 2 aromatic rings. The SMILES string of the molecule is CC.NCC(=O)N1CCC(=C2c3ccccc3Sc3ccccc32)CC1.O=CO. The number of benzene rings is 2. The maximum absolute atomic E-state index is 11.8. The summed E-state index contributed by atoms with van der Waals surface area (Å²) in [5.41, 5.74) is 11.0. The third-order valence-electron chi connectivity index (χ3n) is 4.78. The molecule has 0 bridgehead atoms. The lowest BCUT2D eigenvalue weighted by Crippen LogP contribution is -2.40. The second-order valence-corrected chi connectivity index (χ2v) is 7.35. The molecule has 0 saturated carbocycles. The maximum atomic E-state index is 11.8. The molecule has 0 spiro atoms. The van der Waals surface area contributed by atoms with E-state index in [0.29, 0.717) is 0 Å². The first-order chi connectivity index (χ1) is 14.2. The van der Waals surface area contributed by atoms with Crippen LogP contribution in [0.25, 0.3) is 5.57 Å². The third-order valence-corrected chi connectivity index (χ3v) is 5.93. The summed E-state index contributed by atoms with van der Waals surface area (Å²) in [5, 5.41) is 6.89. The normalized spacial score (nSPS) is 14.4. The average Bonchev–Trinajstić information content (AvgIpc) is 2.79. The van der Waals surface area contributed by atoms with Crippen molar-refractivity contribution in [2.45, 2.75) is 36.5 Å². The Hall–Kier alpha value is -2.57. The van der Waals surface area contributed by atoms with Gasteiger partial charge in [-0.25, -0.2) is 0 Å². The molecule has 1 amide bonds. The minimum absolute atomic E-state index is 0.0547. The van der Waals surface area contributed by atoms with E-state index in [4.69, 9.17) is 15.6 Å². The van der Waals surface area contributed by atoms with Crippen molar-refractivity contribution in [2.75, 3.05) is 19.6 Å². The van der Waals surface area contributed by atoms with E-state index in [0.717, 1.165) is 25.9 Å². The molecule has 0 unspecified atom stereocenters. The van der Waals surface area contributed by atoms with Crippen molar-refractivity contribution >= 4 is 29.7 Å². The van der Waals surface area contributed by atoms with Crippen molar-refractivity contribution in [1.82, 2.24) is 4.90 Å². The molecule has 0 aromatic heterocycles. The van der Waals surface area contributed by atoms with Crippen LogP contribution < -0.4 is 5.73 Å². The number of carboxylic acid groups (broad SMARTS) is 1. The summed E-state index contributed by atoms with van der Waals surface area (Å²) >= 11 is 1.84. The molecule has 154 valence electrons. The quantitative estimate of drug-likeness (QED) is 0.584. The van der Waals surface area contributed by atoms with Crippen molar-refractivity contribution in [3.63, 3.8) is 0 Å². The molecule has 2 heterocycles. The van der Waals surface area contributed by atoms with Gasteiger partial charge in [0.1, 0.15) is 0 Å². The molecule has 1 fully saturated rings. The average molecular weight is 413 g/mol. The molecule has 2 aliphatic rings. The van der Waals surface area contributed by atoms with Crippen LogP contribution in [0.2, 0.25) is 0 Å². The van der Waals surface area contributed by atoms with Gasteiger partial charge < -0.3 is 15.7 Å². The van der Waals surface area contributed by atoms with E-state index in [-0.39, 0.29) is 18.9 Å². The zero-order valence-electron chi connectivity index (χ0n) is 16.9. The van der Waals surface area contributed by atoms with Crippen molar-refractivity contribution in [3.05, 3.63) is 65.2 Å². The Balaban J connectivity index is 0.000000551. The van der Waals surface area contributed by atoms with Crippen molar-refractivity contribution < 1.29 is 14.7 Å². The molecule has 29 heavy (non-hydrogen) atoms. The van der Waals surface area contributed by atoms with Gasteiger partial charge in [-0.2, -0.15) is 0 Å². The van der Waals surface area contributed by atoms with Gasteiger partial charge in [-0.05, 0) is 41.7 Å². The van der Waals surface area contributed by atoms with Crippen molar-refractivity contribution in [2.24, 2.45) is 5.73 Å². The molecule has 1 saturated heterocycles. The molecule has 6 heteroatoms. The second-order valence-electron chi connectivity index (χ2n) is 6.26. The van der Waals surface area contributed by atoms with Crippen LogP contribution in [0.5, 0.6) is 0 Å². The molecule has 2 aromatic carbocycles. The number of nitrogens with zero attached hydrogens (tertiary/aromatic N) is 1. The minimum Gasteiger partial charge on any atom is -0.483 e. The predicted molar refractivity (Wildman–Crippen MR) is 118 cm³/mol. The highest BCUT2D eigenvalue weighted by molar-refractivity contribution is 7.99. The van der Waals surface area contributed by atoms with Crippen LogP contribution in [0.4, 0.5) is 0 Å². The minimum atomic E-state index is -0.250. The number of hydrogen-bond acceptors (Lipinski definition) is 4. The fraction of sp³-hybridized carbons (Fsp3) is 0.304. The standard InChI is InChI=1S/C20H20N2OS.C2H6.CH2O2/c21-13-19(23)22-11-9-14(10-12-22)20-15-5-1-3-7-17(15)24-18-8-4-2-6-16(18)20;1-2;2-1-3/h1-8H,9-13,21H2;1-2H3;1H,(H,2,3). The zero-order valence-corrected chi connectivity index (χ0v) is 17.7. The predicted octanol–water partition coefficient (Wildman–Crippen LogP) is 4.26. The Morgan fingerprint density at radius 3 is 1.93 bits per heavy atom. The van der Waals surface area contributed by atoms with Crippen LogP contribution >= 0.6 is 11.8 Å². The summed E-state index contributed by atoms with van der Waals surface area (Å²) in [6.45, 7) is 5.40. The van der Waals surface area contributed by atoms with E-state index in [1.54, 1.807) is 0 Å². The van der Waals surface area contributed by atoms with Crippen LogP contribution in [-0.2, 0) is 9.59 Å². The first kappa shape index (κ1) is 22.7. The Morgan fingerprint density at radius 2 is 1.48 bits per heavy atom. The number of carbonyl (C=O) groups excluding carboxylic acids is 1. The van der Waals surface area contributed by atoms with Gasteiger partial charge in [-0.15, -0.1) is 0 Å². The molecule has 3 N–H and O–H groups in total. The number of likely N-dealkylation sites (tertiary alicyclic amines) is 1. The van der Waals surface area contributed by atoms with Gasteiger partial charge in [0, 0.05) is 22.9 Å². The topological polar surface area (TPSA) is 83.6 Å². The number of amides is 1. The summed E-state index contributed by atoms with van der Waals surface area (Å²) in [4.78, 5) is 24.7. The first-order valence-corrected chi connectivity index (χ1v) is 10.7. The highest BCUT2D eigenvalue weighted by Gasteiger charge is 2.26. The molecule has 0 aliphatic carbocycles. The number of carbonyl (C=O) groups is 2. The second kappa shape index (κ2) is 11.4. The number of fused-ring (bicyclic) bond motifs is 2. The van der Waals surface area contributed by atoms with E-state index in [2.05, 4.69) is 48.5 Å². The number of piperidine rings is 1. The van der Waals surface area contributed by atoms with E-state index in [1.807, 2.05) is 30.5 Å². The van der Waals surface area contributed by atoms with E-state index >= 15 is 0 Å². The zero-order chi connectivity index (χ0) is 21.2. The van der Waals surface area contributed by atoms with E-state index < -0.39 is 0 Å². The third kappa shape index (κ3) is 5.28. The van der Waals surface area contributed by atoms with Crippen LogP contribution in [0.1, 0.15) is 37.8 Å². The fourth-order valence-electron chi connectivity index (χ4n) is 3.57. The molecule has 0 atom stereocenters. The van der Waals surface area contributed by atoms with Gasteiger partial charge >= 0.3 is 0 Å². The van der Waals surface area contributed by atoms with Gasteiger partial charge in [0.15, 0.2) is 0 Å². The summed E-state index contributed by atoms with van der Waals surface area (Å²) in [7, 11) is 0. The van der Waals surface area contributed by atoms with E-state index in [1.165, 1.54) is 32.1 Å². The number of nitrogens with two attached hydrogens (primary N) is 1. The lowest BCUT2D eigenvalue weighted by Gasteiger charge is -2.32. The Labute approximate surface area is 176 Å². The smallest absolute Gasteiger partial charge is 0.290 e. The largest absolute Gasteiger partial charge is 0.483 e. The van der Waals surface area contributed by atoms with Gasteiger partial charge in [0.25, 0.3) is 6.47 Å². The van der Waals surface area contributed by atoms with Crippen molar-refractivity contribution in [3.8, 4) is 0 Å². The molecule has 5 nitrogen and oxygen atoms in total. The van der Waals surface area contributed by atoms with Crippen LogP contribution in [0.15, 0.2) is 63.9 Å². The molecular weight excluding hydrogens is 384 g/mol. The van der Waals surface area contributed by atoms with Crippen LogP contribution in [0.3, 0.4) is 0 Å². The van der Waals surface area contributed by atoms with Crippen LogP contribution in [-0.4, -0.2) is 42.0 Å². The van der Waals surface area contributed by atoms with Gasteiger partial charge in [0.05, 0.1) is 6.54 Å². The summed E-state index contributed by atoms with van der Waals surface area (Å²) in [6, 6.07) is 17.3. The van der Waals surface area contributed by atoms with Gasteiger partial charge in [-0.1, -0.05) is 67.6 Å². The molecule has 0 radical (unpaired) electrons. The van der Waals surface area contributed by atoms with Gasteiger partial charge in [0.2, 0.25) is 5.91 Å². The van der Waals surface area contributed by atoms with E-state index in [9.17, 15) is 4.79 Å². The fourth-order valence-corrected chi connectivity index (χ4v) is 4.66. The summed E-state index contributed by atoms with van der Waals surface area (Å²) in [6.07, 6.45) is 1.85. The molecular formula is C23H28N2O3S. The monoisotopic (exact) mass is 412 g/mol. The highest BCUT2D eigenvalue weighted by atomic mass is 32.2. The summed E-state index contributed by atoms with van der Waals surface area (Å²) in [5.74, 6) is 0.0547. The Morgan fingerprint density at radius 1 is 1.03 bits per heavy atom. The first-order valence-electron chi connectivity index (χ1n) is 9.84. The highest BCUT2D eigenvalue weighted by Crippen LogP contribution is 2.47. The summed E-state index contributed by atoms with van der Waals surface area (Å²) < 4.78 is 0. The number of rotatable bonds is 1. The maximum Gasteiger partial charge on any atom is 0.290 e. The molecule has 2 aliphatic heterocycles. The van der Waals surface area contributed by atoms with Gasteiger partial charge in [-0.3, -0.25) is 9.59 Å². The lowest BCUT2D eigenvalue weighted by molar-refractivity contribution is -0.130. The lowest BCUT2D eigenvalue weighted by atomic mass is 9.88. The Bertz CT molecular complexity index is 822. The molecule has 4 rings (SSSR count). The Kier molecular flexibility index (Phi) is 8.96. The number of hydrogen-bond donors (Lipinski definition) is 2. The van der Waals surface area contributed by atoms with Crippen molar-refractivity contribution in [1.29, 1.82) is 0 Å².